The number of halogens is 1. The minimum Gasteiger partial charge on any atom is -0.383 e. The standard InChI is InChI=1S/C13H12BrN5O2/c1-7(20)18-11-5-9(2-3-16-11)19-13(21)10-4-8(14)6-17-12(10)15/h2-6H,1H3,(H2,15,17)(H2,16,18,19,20,21). The average Bonchev–Trinajstić information content (AvgIpc) is 2.41. The third-order valence-electron chi connectivity index (χ3n) is 2.45. The lowest BCUT2D eigenvalue weighted by molar-refractivity contribution is -0.114. The number of carbonyl (C=O) groups excluding carboxylic acids is 2. The minimum absolute atomic E-state index is 0.131. The molecule has 7 nitrogen and oxygen atoms in total. The van der Waals surface area contributed by atoms with Crippen LogP contribution < -0.4 is 16.4 Å². The van der Waals surface area contributed by atoms with E-state index in [-0.39, 0.29) is 17.3 Å². The first-order valence-corrected chi connectivity index (χ1v) is 6.71. The van der Waals surface area contributed by atoms with Crippen LogP contribution in [0.3, 0.4) is 0 Å². The second-order valence-electron chi connectivity index (χ2n) is 4.15. The van der Waals surface area contributed by atoms with E-state index in [1.54, 1.807) is 18.2 Å². The lowest BCUT2D eigenvalue weighted by Crippen LogP contribution is -2.15. The van der Waals surface area contributed by atoms with E-state index in [4.69, 9.17) is 5.73 Å². The largest absolute Gasteiger partial charge is 0.383 e. The first-order chi connectivity index (χ1) is 9.95. The molecule has 0 aromatic carbocycles. The van der Waals surface area contributed by atoms with Crippen LogP contribution in [0.5, 0.6) is 0 Å². The summed E-state index contributed by atoms with van der Waals surface area (Å²) in [5.74, 6) is -0.167. The first kappa shape index (κ1) is 14.9. The summed E-state index contributed by atoms with van der Waals surface area (Å²) in [6.45, 7) is 1.38. The molecule has 0 saturated heterocycles. The Morgan fingerprint density at radius 3 is 2.71 bits per heavy atom. The van der Waals surface area contributed by atoms with Crippen LogP contribution in [0.4, 0.5) is 17.3 Å². The van der Waals surface area contributed by atoms with E-state index in [0.29, 0.717) is 16.0 Å². The fourth-order valence-electron chi connectivity index (χ4n) is 1.59. The number of anilines is 3. The molecule has 0 fully saturated rings. The number of pyridine rings is 2. The number of amides is 2. The van der Waals surface area contributed by atoms with Crippen molar-refractivity contribution in [3.8, 4) is 0 Å². The summed E-state index contributed by atoms with van der Waals surface area (Å²) in [5.41, 5.74) is 6.41. The molecule has 2 heterocycles. The van der Waals surface area contributed by atoms with Crippen LogP contribution in [0.1, 0.15) is 17.3 Å². The highest BCUT2D eigenvalue weighted by molar-refractivity contribution is 9.10. The van der Waals surface area contributed by atoms with Crippen LogP contribution in [-0.4, -0.2) is 21.8 Å². The van der Waals surface area contributed by atoms with Crippen molar-refractivity contribution in [2.24, 2.45) is 0 Å². The van der Waals surface area contributed by atoms with Crippen molar-refractivity contribution >= 4 is 45.1 Å². The molecule has 2 amide bonds. The van der Waals surface area contributed by atoms with E-state index >= 15 is 0 Å². The van der Waals surface area contributed by atoms with Gasteiger partial charge in [0.1, 0.15) is 11.6 Å². The first-order valence-electron chi connectivity index (χ1n) is 5.91. The normalized spacial score (nSPS) is 10.0. The Morgan fingerprint density at radius 2 is 2.00 bits per heavy atom. The van der Waals surface area contributed by atoms with Gasteiger partial charge in [-0.25, -0.2) is 9.97 Å². The Morgan fingerprint density at radius 1 is 1.24 bits per heavy atom. The van der Waals surface area contributed by atoms with Gasteiger partial charge < -0.3 is 16.4 Å². The molecule has 108 valence electrons. The van der Waals surface area contributed by atoms with Crippen molar-refractivity contribution in [2.75, 3.05) is 16.4 Å². The van der Waals surface area contributed by atoms with Gasteiger partial charge in [0.05, 0.1) is 5.56 Å². The molecule has 2 aromatic heterocycles. The molecule has 2 rings (SSSR count). The van der Waals surface area contributed by atoms with Crippen molar-refractivity contribution in [2.45, 2.75) is 6.92 Å². The number of rotatable bonds is 3. The van der Waals surface area contributed by atoms with Gasteiger partial charge in [-0.1, -0.05) is 0 Å². The number of hydrogen-bond donors (Lipinski definition) is 3. The van der Waals surface area contributed by atoms with Crippen LogP contribution in [0, 0.1) is 0 Å². The molecular weight excluding hydrogens is 338 g/mol. The van der Waals surface area contributed by atoms with Gasteiger partial charge >= 0.3 is 0 Å². The third kappa shape index (κ3) is 3.99. The number of nitrogens with two attached hydrogens (primary N) is 1. The second-order valence-corrected chi connectivity index (χ2v) is 5.07. The molecule has 0 radical (unpaired) electrons. The van der Waals surface area contributed by atoms with Crippen LogP contribution in [-0.2, 0) is 4.79 Å². The maximum Gasteiger partial charge on any atom is 0.259 e. The number of carbonyl (C=O) groups is 2. The van der Waals surface area contributed by atoms with Crippen LogP contribution in [0.2, 0.25) is 0 Å². The second kappa shape index (κ2) is 6.31. The van der Waals surface area contributed by atoms with E-state index in [0.717, 1.165) is 0 Å². The van der Waals surface area contributed by atoms with E-state index < -0.39 is 5.91 Å². The summed E-state index contributed by atoms with van der Waals surface area (Å²) in [4.78, 5) is 31.0. The Kier molecular flexibility index (Phi) is 4.49. The van der Waals surface area contributed by atoms with Gasteiger partial charge in [0.25, 0.3) is 5.91 Å². The van der Waals surface area contributed by atoms with Crippen molar-refractivity contribution in [3.63, 3.8) is 0 Å². The van der Waals surface area contributed by atoms with Crippen molar-refractivity contribution in [1.82, 2.24) is 9.97 Å². The fraction of sp³-hybridized carbons (Fsp3) is 0.0769. The maximum atomic E-state index is 12.2. The summed E-state index contributed by atoms with van der Waals surface area (Å²) in [7, 11) is 0. The smallest absolute Gasteiger partial charge is 0.259 e. The molecule has 0 atom stereocenters. The monoisotopic (exact) mass is 349 g/mol. The quantitative estimate of drug-likeness (QED) is 0.785. The van der Waals surface area contributed by atoms with E-state index in [1.165, 1.54) is 19.3 Å². The van der Waals surface area contributed by atoms with Crippen molar-refractivity contribution in [1.29, 1.82) is 0 Å². The summed E-state index contributed by atoms with van der Waals surface area (Å²) in [5, 5.41) is 5.20. The predicted octanol–water partition coefficient (Wildman–Crippen LogP) is 2.03. The van der Waals surface area contributed by atoms with Crippen LogP contribution in [0.25, 0.3) is 0 Å². The van der Waals surface area contributed by atoms with Gasteiger partial charge in [0, 0.05) is 35.5 Å². The van der Waals surface area contributed by atoms with Gasteiger partial charge in [-0.2, -0.15) is 0 Å². The molecule has 8 heteroatoms. The molecule has 4 N–H and O–H groups in total. The summed E-state index contributed by atoms with van der Waals surface area (Å²) in [6.07, 6.45) is 2.98. The topological polar surface area (TPSA) is 110 Å². The maximum absolute atomic E-state index is 12.2. The molecule has 0 spiro atoms. The molecule has 0 aliphatic heterocycles. The molecule has 21 heavy (non-hydrogen) atoms. The zero-order chi connectivity index (χ0) is 15.4. The average molecular weight is 350 g/mol. The summed E-state index contributed by atoms with van der Waals surface area (Å²) >= 11 is 3.23. The number of nitrogens with one attached hydrogen (secondary N) is 2. The lowest BCUT2D eigenvalue weighted by atomic mass is 10.2. The van der Waals surface area contributed by atoms with Gasteiger partial charge in [-0.05, 0) is 28.1 Å². The lowest BCUT2D eigenvalue weighted by Gasteiger charge is -2.08. The highest BCUT2D eigenvalue weighted by Crippen LogP contribution is 2.18. The summed E-state index contributed by atoms with van der Waals surface area (Å²) in [6, 6.07) is 4.72. The molecule has 0 unspecified atom stereocenters. The molecular formula is C13H12BrN5O2. The van der Waals surface area contributed by atoms with Gasteiger partial charge in [-0.3, -0.25) is 9.59 Å². The van der Waals surface area contributed by atoms with E-state index in [1.807, 2.05) is 0 Å². The van der Waals surface area contributed by atoms with Gasteiger partial charge in [0.15, 0.2) is 0 Å². The minimum atomic E-state index is -0.402. The number of hydrogen-bond acceptors (Lipinski definition) is 5. The number of nitrogen functional groups attached to an aromatic ring is 1. The predicted molar refractivity (Wildman–Crippen MR) is 82.8 cm³/mol. The Balaban J connectivity index is 2.19. The van der Waals surface area contributed by atoms with Crippen LogP contribution >= 0.6 is 15.9 Å². The van der Waals surface area contributed by atoms with Crippen LogP contribution in [0.15, 0.2) is 35.1 Å². The third-order valence-corrected chi connectivity index (χ3v) is 2.89. The SMILES string of the molecule is CC(=O)Nc1cc(NC(=O)c2cc(Br)cnc2N)ccn1. The highest BCUT2D eigenvalue weighted by Gasteiger charge is 2.12. The summed E-state index contributed by atoms with van der Waals surface area (Å²) < 4.78 is 0.649. The Labute approximate surface area is 129 Å². The van der Waals surface area contributed by atoms with Crippen molar-refractivity contribution < 1.29 is 9.59 Å². The fourth-order valence-corrected chi connectivity index (χ4v) is 1.92. The van der Waals surface area contributed by atoms with Gasteiger partial charge in [0.2, 0.25) is 5.91 Å². The Hall–Kier alpha value is -2.48. The van der Waals surface area contributed by atoms with E-state index in [9.17, 15) is 9.59 Å². The van der Waals surface area contributed by atoms with Crippen molar-refractivity contribution in [3.05, 3.63) is 40.6 Å². The zero-order valence-electron chi connectivity index (χ0n) is 11.1. The van der Waals surface area contributed by atoms with E-state index in [2.05, 4.69) is 36.5 Å². The molecule has 0 saturated carbocycles. The van der Waals surface area contributed by atoms with Gasteiger partial charge in [-0.15, -0.1) is 0 Å². The molecule has 0 aliphatic rings. The number of nitrogens with zero attached hydrogens (tertiary/aromatic N) is 2. The Bertz CT molecular complexity index is 705. The highest BCUT2D eigenvalue weighted by atomic mass is 79.9. The number of aromatic nitrogens is 2. The molecule has 0 bridgehead atoms. The molecule has 0 aliphatic carbocycles. The molecule has 2 aromatic rings. The zero-order valence-corrected chi connectivity index (χ0v) is 12.6.